The number of amides is 2. The predicted octanol–water partition coefficient (Wildman–Crippen LogP) is 1.92. The molecule has 2 atom stereocenters. The van der Waals surface area contributed by atoms with Gasteiger partial charge in [0.1, 0.15) is 12.1 Å². The third-order valence-electron chi connectivity index (χ3n) is 5.21. The number of likely N-dealkylation sites (tertiary alicyclic amines) is 1. The van der Waals surface area contributed by atoms with E-state index < -0.39 is 22.1 Å². The monoisotopic (exact) mass is 475 g/mol. The van der Waals surface area contributed by atoms with Gasteiger partial charge in [-0.3, -0.25) is 9.59 Å². The number of hydrogen-bond donors (Lipinski definition) is 1. The van der Waals surface area contributed by atoms with E-state index in [-0.39, 0.29) is 11.8 Å². The van der Waals surface area contributed by atoms with Crippen molar-refractivity contribution in [3.05, 3.63) is 26.8 Å². The van der Waals surface area contributed by atoms with Crippen LogP contribution < -0.4 is 4.72 Å². The number of carbonyl (C=O) groups excluding carboxylic acids is 2. The summed E-state index contributed by atoms with van der Waals surface area (Å²) in [4.78, 5) is 29.7. The Labute approximate surface area is 185 Å². The van der Waals surface area contributed by atoms with Gasteiger partial charge in [-0.2, -0.15) is 4.72 Å². The van der Waals surface area contributed by atoms with Gasteiger partial charge >= 0.3 is 0 Å². The second kappa shape index (κ2) is 9.78. The number of rotatable bonds is 7. The highest BCUT2D eigenvalue weighted by molar-refractivity contribution is 7.92. The number of sulfonamides is 1. The second-order valence-corrected chi connectivity index (χ2v) is 10.6. The molecule has 1 aromatic rings. The van der Waals surface area contributed by atoms with Gasteiger partial charge in [0.2, 0.25) is 21.8 Å². The van der Waals surface area contributed by atoms with Gasteiger partial charge in [0.15, 0.2) is 0 Å². The minimum atomic E-state index is -3.84. The molecule has 1 aromatic heterocycles. The van der Waals surface area contributed by atoms with Crippen molar-refractivity contribution in [2.75, 3.05) is 32.8 Å². The van der Waals surface area contributed by atoms with Crippen LogP contribution in [0.4, 0.5) is 0 Å². The molecule has 2 aliphatic rings. The van der Waals surface area contributed by atoms with Crippen molar-refractivity contribution in [3.8, 4) is 0 Å². The Morgan fingerprint density at radius 3 is 2.67 bits per heavy atom. The van der Waals surface area contributed by atoms with Crippen molar-refractivity contribution in [1.82, 2.24) is 14.5 Å². The summed E-state index contributed by atoms with van der Waals surface area (Å²) in [7, 11) is -3.84. The molecule has 2 amide bonds. The molecule has 0 spiro atoms. The number of ether oxygens (including phenoxy) is 1. The van der Waals surface area contributed by atoms with Crippen molar-refractivity contribution in [2.45, 2.75) is 38.8 Å². The van der Waals surface area contributed by atoms with Crippen LogP contribution >= 0.6 is 22.9 Å². The minimum absolute atomic E-state index is 0.108. The molecule has 1 N–H and O–H groups in total. The summed E-state index contributed by atoms with van der Waals surface area (Å²) in [5.41, 5.74) is 0.538. The smallest absolute Gasteiger partial charge is 0.245 e. The number of halogens is 1. The summed E-state index contributed by atoms with van der Waals surface area (Å²) in [5.74, 6) is -0.472. The zero-order valence-corrected chi connectivity index (χ0v) is 19.4. The first-order chi connectivity index (χ1) is 14.2. The minimum Gasteiger partial charge on any atom is -0.378 e. The highest BCUT2D eigenvalue weighted by Gasteiger charge is 2.40. The summed E-state index contributed by atoms with van der Waals surface area (Å²) < 4.78 is 33.5. The fourth-order valence-corrected chi connectivity index (χ4v) is 6.06. The van der Waals surface area contributed by atoms with E-state index in [0.717, 1.165) is 10.3 Å². The zero-order valence-electron chi connectivity index (χ0n) is 17.0. The van der Waals surface area contributed by atoms with Gasteiger partial charge in [-0.25, -0.2) is 8.42 Å². The van der Waals surface area contributed by atoms with Crippen LogP contribution in [0.2, 0.25) is 4.34 Å². The van der Waals surface area contributed by atoms with Gasteiger partial charge in [-0.1, -0.05) is 18.5 Å². The average Bonchev–Trinajstić information content (AvgIpc) is 3.29. The van der Waals surface area contributed by atoms with E-state index >= 15 is 0 Å². The molecule has 0 unspecified atom stereocenters. The quantitative estimate of drug-likeness (QED) is 0.650. The Hall–Kier alpha value is -1.46. The Bertz CT molecular complexity index is 924. The number of allylic oxidation sites excluding steroid dienone is 1. The Morgan fingerprint density at radius 2 is 2.07 bits per heavy atom. The SMILES string of the molecule is CC[C@@H](C(=O)N1CCOCC1)N1CC[C@H](NS(=O)(=O)/C=C(/C)c2ccc(Cl)s2)C1=O. The van der Waals surface area contributed by atoms with Crippen LogP contribution in [0.5, 0.6) is 0 Å². The second-order valence-electron chi connectivity index (χ2n) is 7.30. The van der Waals surface area contributed by atoms with Gasteiger partial charge in [-0.15, -0.1) is 11.3 Å². The maximum absolute atomic E-state index is 12.9. The summed E-state index contributed by atoms with van der Waals surface area (Å²) in [5, 5.41) is 1.11. The predicted molar refractivity (Wildman–Crippen MR) is 117 cm³/mol. The average molecular weight is 476 g/mol. The van der Waals surface area contributed by atoms with Crippen molar-refractivity contribution < 1.29 is 22.7 Å². The molecule has 3 rings (SSSR count). The lowest BCUT2D eigenvalue weighted by molar-refractivity contribution is -0.146. The Balaban J connectivity index is 1.67. The first kappa shape index (κ1) is 23.2. The Kier molecular flexibility index (Phi) is 7.56. The van der Waals surface area contributed by atoms with Crippen LogP contribution in [-0.4, -0.2) is 75.0 Å². The third kappa shape index (κ3) is 5.42. The van der Waals surface area contributed by atoms with Crippen molar-refractivity contribution in [3.63, 3.8) is 0 Å². The first-order valence-corrected chi connectivity index (χ1v) is 12.6. The molecule has 3 heterocycles. The summed E-state index contributed by atoms with van der Waals surface area (Å²) in [6, 6.07) is 1.99. The number of hydrogen-bond acceptors (Lipinski definition) is 6. The molecule has 0 aromatic carbocycles. The zero-order chi connectivity index (χ0) is 21.9. The first-order valence-electron chi connectivity index (χ1n) is 9.85. The normalized spacial score (nSPS) is 21.9. The summed E-state index contributed by atoms with van der Waals surface area (Å²) in [6.07, 6.45) is 0.794. The topological polar surface area (TPSA) is 96.0 Å². The lowest BCUT2D eigenvalue weighted by Gasteiger charge is -2.34. The number of nitrogens with one attached hydrogen (secondary N) is 1. The maximum Gasteiger partial charge on any atom is 0.245 e. The van der Waals surface area contributed by atoms with Crippen molar-refractivity contribution >= 4 is 50.3 Å². The number of thiophene rings is 1. The lowest BCUT2D eigenvalue weighted by Crippen LogP contribution is -2.53. The molecule has 8 nitrogen and oxygen atoms in total. The molecular weight excluding hydrogens is 450 g/mol. The standard InChI is InChI=1S/C19H26ClN3O5S2/c1-3-15(19(25)22-8-10-28-11-9-22)23-7-6-14(18(23)24)21-30(26,27)12-13(2)16-4-5-17(20)29-16/h4-5,12,14-15,21H,3,6-11H2,1-2H3/b13-12-/t14-,15-/m0/s1. The van der Waals surface area contributed by atoms with E-state index in [2.05, 4.69) is 4.72 Å². The fourth-order valence-electron chi connectivity index (χ4n) is 3.69. The van der Waals surface area contributed by atoms with Gasteiger partial charge in [0.25, 0.3) is 0 Å². The van der Waals surface area contributed by atoms with Crippen LogP contribution in [-0.2, 0) is 24.3 Å². The molecule has 0 bridgehead atoms. The highest BCUT2D eigenvalue weighted by atomic mass is 35.5. The number of nitrogens with zero attached hydrogens (tertiary/aromatic N) is 2. The fraction of sp³-hybridized carbons (Fsp3) is 0.579. The molecular formula is C19H26ClN3O5S2. The van der Waals surface area contributed by atoms with Crippen molar-refractivity contribution in [2.24, 2.45) is 0 Å². The van der Waals surface area contributed by atoms with Gasteiger partial charge in [0, 0.05) is 24.5 Å². The molecule has 0 radical (unpaired) electrons. The third-order valence-corrected chi connectivity index (χ3v) is 7.85. The van der Waals surface area contributed by atoms with E-state index in [4.69, 9.17) is 16.3 Å². The molecule has 30 heavy (non-hydrogen) atoms. The maximum atomic E-state index is 12.9. The van der Waals surface area contributed by atoms with E-state index in [1.54, 1.807) is 24.0 Å². The van der Waals surface area contributed by atoms with Crippen LogP contribution in [0.25, 0.3) is 5.57 Å². The molecule has 11 heteroatoms. The molecule has 166 valence electrons. The van der Waals surface area contributed by atoms with Crippen LogP contribution in [0.15, 0.2) is 17.5 Å². The lowest BCUT2D eigenvalue weighted by atomic mass is 10.1. The molecule has 2 saturated heterocycles. The molecule has 0 saturated carbocycles. The molecule has 2 aliphatic heterocycles. The summed E-state index contributed by atoms with van der Waals surface area (Å²) in [6.45, 7) is 5.85. The number of morpholine rings is 1. The van der Waals surface area contributed by atoms with E-state index in [1.807, 2.05) is 6.92 Å². The molecule has 2 fully saturated rings. The van der Waals surface area contributed by atoms with E-state index in [9.17, 15) is 18.0 Å². The number of carbonyl (C=O) groups is 2. The van der Waals surface area contributed by atoms with Gasteiger partial charge < -0.3 is 14.5 Å². The molecule has 0 aliphatic carbocycles. The highest BCUT2D eigenvalue weighted by Crippen LogP contribution is 2.28. The Morgan fingerprint density at radius 1 is 1.37 bits per heavy atom. The van der Waals surface area contributed by atoms with Gasteiger partial charge in [0.05, 0.1) is 23.0 Å². The van der Waals surface area contributed by atoms with E-state index in [0.29, 0.717) is 55.6 Å². The van der Waals surface area contributed by atoms with Gasteiger partial charge in [-0.05, 0) is 37.5 Å². The van der Waals surface area contributed by atoms with Crippen molar-refractivity contribution in [1.29, 1.82) is 0 Å². The summed E-state index contributed by atoms with van der Waals surface area (Å²) >= 11 is 7.19. The van der Waals surface area contributed by atoms with Crippen LogP contribution in [0.1, 0.15) is 31.6 Å². The largest absolute Gasteiger partial charge is 0.378 e. The van der Waals surface area contributed by atoms with Crippen LogP contribution in [0, 0.1) is 0 Å². The van der Waals surface area contributed by atoms with Crippen LogP contribution in [0.3, 0.4) is 0 Å². The van der Waals surface area contributed by atoms with E-state index in [1.165, 1.54) is 16.2 Å².